The van der Waals surface area contributed by atoms with Crippen LogP contribution in [0.15, 0.2) is 15.5 Å². The van der Waals surface area contributed by atoms with E-state index in [2.05, 4.69) is 30.9 Å². The van der Waals surface area contributed by atoms with Gasteiger partial charge in [0.2, 0.25) is 5.91 Å². The first-order valence-electron chi connectivity index (χ1n) is 9.28. The van der Waals surface area contributed by atoms with Crippen molar-refractivity contribution < 1.29 is 14.3 Å². The lowest BCUT2D eigenvalue weighted by atomic mass is 9.74. The highest BCUT2D eigenvalue weighted by Crippen LogP contribution is 2.39. The van der Waals surface area contributed by atoms with Crippen LogP contribution in [0.1, 0.15) is 45.1 Å². The summed E-state index contributed by atoms with van der Waals surface area (Å²) in [5.41, 5.74) is 4.57. The van der Waals surface area contributed by atoms with E-state index in [0.29, 0.717) is 26.9 Å². The first-order valence-corrected chi connectivity index (χ1v) is 10.1. The second-order valence-corrected chi connectivity index (χ2v) is 9.04. The number of pyridine rings is 1. The highest BCUT2D eigenvalue weighted by atomic mass is 79.9. The number of nitrogens with two attached hydrogens (primary N) is 1. The van der Waals surface area contributed by atoms with Crippen LogP contribution in [-0.4, -0.2) is 50.5 Å². The Bertz CT molecular complexity index is 1040. The van der Waals surface area contributed by atoms with Crippen LogP contribution in [0.5, 0.6) is 0 Å². The van der Waals surface area contributed by atoms with Gasteiger partial charge in [-0.2, -0.15) is 0 Å². The number of halogens is 1. The number of amides is 2. The van der Waals surface area contributed by atoms with Crippen molar-refractivity contribution >= 4 is 38.8 Å². The largest absolute Gasteiger partial charge is 0.444 e. The zero-order valence-electron chi connectivity index (χ0n) is 16.8. The van der Waals surface area contributed by atoms with Crippen molar-refractivity contribution in [1.29, 1.82) is 0 Å². The Balaban J connectivity index is 1.98. The molecule has 2 aromatic heterocycles. The van der Waals surface area contributed by atoms with Crippen LogP contribution >= 0.6 is 15.9 Å². The first-order chi connectivity index (χ1) is 13.4. The maximum atomic E-state index is 12.5. The summed E-state index contributed by atoms with van der Waals surface area (Å²) in [4.78, 5) is 50.3. The monoisotopic (exact) mass is 465 g/mol. The number of primary amides is 1. The highest BCUT2D eigenvalue weighted by molar-refractivity contribution is 9.10. The lowest BCUT2D eigenvalue weighted by Crippen LogP contribution is -2.52. The smallest absolute Gasteiger partial charge is 0.410 e. The second kappa shape index (κ2) is 7.40. The Morgan fingerprint density at radius 2 is 1.93 bits per heavy atom. The number of aryl methyl sites for hydroxylation is 1. The van der Waals surface area contributed by atoms with Crippen LogP contribution < -0.4 is 11.3 Å². The van der Waals surface area contributed by atoms with Gasteiger partial charge < -0.3 is 20.4 Å². The number of ether oxygens (including phenoxy) is 1. The van der Waals surface area contributed by atoms with Crippen molar-refractivity contribution in [3.63, 3.8) is 0 Å². The van der Waals surface area contributed by atoms with Gasteiger partial charge in [-0.25, -0.2) is 9.78 Å². The summed E-state index contributed by atoms with van der Waals surface area (Å²) in [5, 5.41) is 0.316. The lowest BCUT2D eigenvalue weighted by molar-refractivity contribution is -0.125. The molecule has 10 heteroatoms. The fourth-order valence-electron chi connectivity index (χ4n) is 3.54. The predicted octanol–water partition coefficient (Wildman–Crippen LogP) is 2.14. The minimum atomic E-state index is -1.11. The molecular formula is C19H24BrN5O4. The molecule has 0 saturated carbocycles. The van der Waals surface area contributed by atoms with Gasteiger partial charge in [0.15, 0.2) is 0 Å². The van der Waals surface area contributed by atoms with Gasteiger partial charge in [-0.15, -0.1) is 0 Å². The van der Waals surface area contributed by atoms with Crippen molar-refractivity contribution in [1.82, 2.24) is 19.9 Å². The number of hydrogen-bond acceptors (Lipinski definition) is 6. The van der Waals surface area contributed by atoms with Gasteiger partial charge in [-0.1, -0.05) is 0 Å². The van der Waals surface area contributed by atoms with Gasteiger partial charge in [0, 0.05) is 13.1 Å². The summed E-state index contributed by atoms with van der Waals surface area (Å²) in [7, 11) is 0. The molecule has 1 aliphatic heterocycles. The maximum Gasteiger partial charge on any atom is 0.410 e. The molecule has 156 valence electrons. The molecule has 2 aromatic rings. The van der Waals surface area contributed by atoms with Gasteiger partial charge >= 0.3 is 6.09 Å². The van der Waals surface area contributed by atoms with Crippen LogP contribution in [-0.2, 0) is 14.9 Å². The summed E-state index contributed by atoms with van der Waals surface area (Å²) in [6.45, 7) is 7.64. The van der Waals surface area contributed by atoms with E-state index in [9.17, 15) is 14.4 Å². The van der Waals surface area contributed by atoms with Gasteiger partial charge in [-0.3, -0.25) is 14.6 Å². The Labute approximate surface area is 176 Å². The molecule has 29 heavy (non-hydrogen) atoms. The van der Waals surface area contributed by atoms with E-state index in [0.717, 1.165) is 0 Å². The van der Waals surface area contributed by atoms with Crippen molar-refractivity contribution in [2.75, 3.05) is 13.1 Å². The highest BCUT2D eigenvalue weighted by Gasteiger charge is 2.46. The maximum absolute atomic E-state index is 12.5. The third kappa shape index (κ3) is 3.98. The lowest BCUT2D eigenvalue weighted by Gasteiger charge is -2.40. The van der Waals surface area contributed by atoms with E-state index >= 15 is 0 Å². The van der Waals surface area contributed by atoms with E-state index < -0.39 is 23.0 Å². The molecule has 1 saturated heterocycles. The number of fused-ring (bicyclic) bond motifs is 1. The van der Waals surface area contributed by atoms with Gasteiger partial charge in [-0.05, 0) is 56.5 Å². The van der Waals surface area contributed by atoms with Crippen LogP contribution in [0.3, 0.4) is 0 Å². The third-order valence-corrected chi connectivity index (χ3v) is 5.77. The Morgan fingerprint density at radius 3 is 2.48 bits per heavy atom. The molecule has 0 spiro atoms. The third-order valence-electron chi connectivity index (χ3n) is 5.00. The molecule has 3 rings (SSSR count). The van der Waals surface area contributed by atoms with Gasteiger partial charge in [0.05, 0.1) is 32.7 Å². The fourth-order valence-corrected chi connectivity index (χ4v) is 4.41. The molecule has 0 aromatic carbocycles. The molecule has 0 bridgehead atoms. The summed E-state index contributed by atoms with van der Waals surface area (Å²) in [5.74, 6) is -0.0791. The van der Waals surface area contributed by atoms with Crippen molar-refractivity contribution in [3.8, 4) is 0 Å². The number of aromatic amines is 1. The minimum Gasteiger partial charge on any atom is -0.444 e. The number of carbonyl (C=O) groups is 2. The zero-order valence-corrected chi connectivity index (χ0v) is 18.4. The van der Waals surface area contributed by atoms with E-state index in [-0.39, 0.29) is 31.5 Å². The molecule has 3 heterocycles. The molecule has 0 radical (unpaired) electrons. The summed E-state index contributed by atoms with van der Waals surface area (Å²) in [6.07, 6.45) is 1.59. The van der Waals surface area contributed by atoms with Gasteiger partial charge in [0.1, 0.15) is 11.4 Å². The molecule has 3 N–H and O–H groups in total. The Kier molecular flexibility index (Phi) is 5.42. The van der Waals surface area contributed by atoms with Gasteiger partial charge in [0.25, 0.3) is 5.56 Å². The van der Waals surface area contributed by atoms with E-state index in [1.165, 1.54) is 6.20 Å². The van der Waals surface area contributed by atoms with Crippen LogP contribution in [0.25, 0.3) is 10.9 Å². The zero-order chi connectivity index (χ0) is 21.6. The standard InChI is InChI=1S/C19H24BrN5O4/c1-10-23-11-9-22-14(13(20)12(11)15(26)24-10)19(16(21)27)5-7-25(8-6-19)17(28)29-18(2,3)4/h9H,5-8H2,1-4H3,(H2,21,27)(H,23,24,26). The summed E-state index contributed by atoms with van der Waals surface area (Å²) < 4.78 is 5.81. The van der Waals surface area contributed by atoms with Crippen molar-refractivity contribution in [3.05, 3.63) is 32.5 Å². The quantitative estimate of drug-likeness (QED) is 0.697. The number of aromatic nitrogens is 3. The number of carbonyl (C=O) groups excluding carboxylic acids is 2. The van der Waals surface area contributed by atoms with E-state index in [1.807, 2.05) is 0 Å². The molecule has 2 amide bonds. The first kappa shape index (κ1) is 21.2. The summed E-state index contributed by atoms with van der Waals surface area (Å²) in [6, 6.07) is 0. The van der Waals surface area contributed by atoms with E-state index in [1.54, 1.807) is 32.6 Å². The second-order valence-electron chi connectivity index (χ2n) is 8.25. The average molecular weight is 466 g/mol. The molecule has 0 aliphatic carbocycles. The van der Waals surface area contributed by atoms with Crippen molar-refractivity contribution in [2.45, 2.75) is 51.6 Å². The molecule has 9 nitrogen and oxygen atoms in total. The number of likely N-dealkylation sites (tertiary alicyclic amines) is 1. The molecular weight excluding hydrogens is 442 g/mol. The molecule has 1 aliphatic rings. The number of H-pyrrole nitrogens is 1. The molecule has 0 unspecified atom stereocenters. The average Bonchev–Trinajstić information content (AvgIpc) is 2.59. The molecule has 1 fully saturated rings. The molecule has 0 atom stereocenters. The number of hydrogen-bond donors (Lipinski definition) is 2. The van der Waals surface area contributed by atoms with Crippen LogP contribution in [0.2, 0.25) is 0 Å². The number of rotatable bonds is 2. The number of nitrogens with one attached hydrogen (secondary N) is 1. The van der Waals surface area contributed by atoms with Crippen LogP contribution in [0, 0.1) is 6.92 Å². The van der Waals surface area contributed by atoms with Crippen LogP contribution in [0.4, 0.5) is 4.79 Å². The number of piperidine rings is 1. The summed E-state index contributed by atoms with van der Waals surface area (Å²) >= 11 is 3.44. The van der Waals surface area contributed by atoms with Crippen molar-refractivity contribution in [2.24, 2.45) is 5.73 Å². The SMILES string of the molecule is Cc1nc2cnc(C3(C(N)=O)CCN(C(=O)OC(C)(C)C)CC3)c(Br)c2c(=O)[nH]1. The topological polar surface area (TPSA) is 131 Å². The fraction of sp³-hybridized carbons (Fsp3) is 0.526. The Morgan fingerprint density at radius 1 is 1.31 bits per heavy atom. The number of nitrogens with zero attached hydrogens (tertiary/aromatic N) is 3. The Hall–Kier alpha value is -2.49. The predicted molar refractivity (Wildman–Crippen MR) is 111 cm³/mol. The normalized spacial score (nSPS) is 16.7. The minimum absolute atomic E-state index is 0.274. The van der Waals surface area contributed by atoms with E-state index in [4.69, 9.17) is 10.5 Å².